The largest absolute Gasteiger partial charge is 0.332 e. The van der Waals surface area contributed by atoms with E-state index in [1.807, 2.05) is 19.1 Å². The van der Waals surface area contributed by atoms with E-state index in [0.29, 0.717) is 6.54 Å². The number of urea groups is 1. The van der Waals surface area contributed by atoms with Crippen LogP contribution in [0.5, 0.6) is 0 Å². The molecule has 1 unspecified atom stereocenters. The molecule has 1 aromatic heterocycles. The maximum Gasteiger partial charge on any atom is 0.315 e. The highest BCUT2D eigenvalue weighted by Crippen LogP contribution is 2.44. The average Bonchev–Trinajstić information content (AvgIpc) is 2.99. The van der Waals surface area contributed by atoms with Crippen LogP contribution in [0.2, 0.25) is 0 Å². The van der Waals surface area contributed by atoms with Crippen LogP contribution in [0.25, 0.3) is 0 Å². The number of nitrogens with one attached hydrogen (secondary N) is 3. The first-order chi connectivity index (χ1) is 10.5. The molecule has 1 aromatic carbocycles. The van der Waals surface area contributed by atoms with E-state index in [4.69, 9.17) is 0 Å². The zero-order valence-corrected chi connectivity index (χ0v) is 13.2. The average molecular weight is 298 g/mol. The predicted octanol–water partition coefficient (Wildman–Crippen LogP) is 2.94. The summed E-state index contributed by atoms with van der Waals surface area (Å²) in [5.74, 6) is 0. The third-order valence-corrected chi connectivity index (χ3v) is 4.27. The highest BCUT2D eigenvalue weighted by atomic mass is 16.2. The van der Waals surface area contributed by atoms with Crippen molar-refractivity contribution in [2.75, 3.05) is 0 Å². The molecule has 1 heterocycles. The number of aryl methyl sites for hydroxylation is 1. The number of fused-ring (bicyclic) bond motifs is 1. The fourth-order valence-electron chi connectivity index (χ4n) is 3.22. The van der Waals surface area contributed by atoms with Gasteiger partial charge < -0.3 is 10.6 Å². The molecule has 116 valence electrons. The minimum absolute atomic E-state index is 0.0621. The van der Waals surface area contributed by atoms with E-state index >= 15 is 0 Å². The number of amides is 2. The number of hydrogen-bond acceptors (Lipinski definition) is 2. The predicted molar refractivity (Wildman–Crippen MR) is 85.5 cm³/mol. The van der Waals surface area contributed by atoms with Gasteiger partial charge in [-0.25, -0.2) is 4.79 Å². The molecule has 5 nitrogen and oxygen atoms in total. The summed E-state index contributed by atoms with van der Waals surface area (Å²) in [6.07, 6.45) is 0.918. The summed E-state index contributed by atoms with van der Waals surface area (Å²) < 4.78 is 0. The zero-order chi connectivity index (χ0) is 15.7. The Morgan fingerprint density at radius 1 is 1.41 bits per heavy atom. The fourth-order valence-corrected chi connectivity index (χ4v) is 3.22. The monoisotopic (exact) mass is 298 g/mol. The Morgan fingerprint density at radius 3 is 2.91 bits per heavy atom. The van der Waals surface area contributed by atoms with Gasteiger partial charge in [-0.1, -0.05) is 38.1 Å². The number of benzene rings is 1. The third-order valence-electron chi connectivity index (χ3n) is 4.27. The summed E-state index contributed by atoms with van der Waals surface area (Å²) in [6, 6.07) is 10.2. The molecule has 0 spiro atoms. The smallest absolute Gasteiger partial charge is 0.315 e. The summed E-state index contributed by atoms with van der Waals surface area (Å²) in [5.41, 5.74) is 4.46. The van der Waals surface area contributed by atoms with E-state index in [2.05, 4.69) is 52.9 Å². The molecule has 1 aliphatic carbocycles. The van der Waals surface area contributed by atoms with Crippen molar-refractivity contribution in [2.24, 2.45) is 0 Å². The van der Waals surface area contributed by atoms with E-state index in [1.165, 1.54) is 11.1 Å². The quantitative estimate of drug-likeness (QED) is 0.815. The van der Waals surface area contributed by atoms with Crippen LogP contribution in [0, 0.1) is 6.92 Å². The number of carbonyl (C=O) groups is 1. The minimum Gasteiger partial charge on any atom is -0.332 e. The molecule has 0 radical (unpaired) electrons. The summed E-state index contributed by atoms with van der Waals surface area (Å²) in [5, 5.41) is 12.9. The highest BCUT2D eigenvalue weighted by molar-refractivity contribution is 5.74. The standard InChI is InChI=1S/C17H22N4O/c1-11-8-12(21-20-11)10-18-16(22)19-15-9-17(2,3)14-7-5-4-6-13(14)15/h4-8,15H,9-10H2,1-3H3,(H,20,21)(H2,18,19,22). The molecule has 0 saturated carbocycles. The summed E-state index contributed by atoms with van der Waals surface area (Å²) >= 11 is 0. The summed E-state index contributed by atoms with van der Waals surface area (Å²) in [6.45, 7) is 6.80. The first-order valence-corrected chi connectivity index (χ1v) is 7.60. The first-order valence-electron chi connectivity index (χ1n) is 7.60. The van der Waals surface area contributed by atoms with Crippen molar-refractivity contribution in [3.05, 3.63) is 52.8 Å². The SMILES string of the molecule is Cc1cc(CNC(=O)NC2CC(C)(C)c3ccccc32)n[nH]1. The van der Waals surface area contributed by atoms with Crippen LogP contribution in [-0.2, 0) is 12.0 Å². The van der Waals surface area contributed by atoms with Gasteiger partial charge >= 0.3 is 6.03 Å². The van der Waals surface area contributed by atoms with Gasteiger partial charge in [0.25, 0.3) is 0 Å². The van der Waals surface area contributed by atoms with Gasteiger partial charge in [-0.3, -0.25) is 5.10 Å². The lowest BCUT2D eigenvalue weighted by Gasteiger charge is -2.19. The van der Waals surface area contributed by atoms with Gasteiger partial charge in [0.15, 0.2) is 0 Å². The Bertz CT molecular complexity index is 689. The maximum atomic E-state index is 12.1. The molecule has 0 aliphatic heterocycles. The second kappa shape index (κ2) is 5.48. The molecule has 1 aliphatic rings. The van der Waals surface area contributed by atoms with Crippen LogP contribution in [0.3, 0.4) is 0 Å². The third kappa shape index (κ3) is 2.84. The van der Waals surface area contributed by atoms with Crippen molar-refractivity contribution in [2.45, 2.75) is 45.2 Å². The van der Waals surface area contributed by atoms with Crippen molar-refractivity contribution in [1.82, 2.24) is 20.8 Å². The van der Waals surface area contributed by atoms with Crippen LogP contribution < -0.4 is 10.6 Å². The lowest BCUT2D eigenvalue weighted by atomic mass is 9.86. The molecule has 2 aromatic rings. The van der Waals surface area contributed by atoms with Gasteiger partial charge in [-0.15, -0.1) is 0 Å². The van der Waals surface area contributed by atoms with Crippen molar-refractivity contribution >= 4 is 6.03 Å². The van der Waals surface area contributed by atoms with Gasteiger partial charge in [-0.05, 0) is 36.0 Å². The van der Waals surface area contributed by atoms with Gasteiger partial charge in [0.2, 0.25) is 0 Å². The number of hydrogen-bond donors (Lipinski definition) is 3. The zero-order valence-electron chi connectivity index (χ0n) is 13.2. The number of H-pyrrole nitrogens is 1. The number of aromatic nitrogens is 2. The number of aromatic amines is 1. The minimum atomic E-state index is -0.154. The van der Waals surface area contributed by atoms with Crippen molar-refractivity contribution < 1.29 is 4.79 Å². The van der Waals surface area contributed by atoms with E-state index in [9.17, 15) is 4.79 Å². The normalized spacial score (nSPS) is 18.8. The summed E-state index contributed by atoms with van der Waals surface area (Å²) in [7, 11) is 0. The molecule has 22 heavy (non-hydrogen) atoms. The molecule has 0 fully saturated rings. The molecule has 2 amide bonds. The molecule has 0 bridgehead atoms. The van der Waals surface area contributed by atoms with Crippen LogP contribution in [0.1, 0.15) is 48.8 Å². The Hall–Kier alpha value is -2.30. The van der Waals surface area contributed by atoms with Gasteiger partial charge in [-0.2, -0.15) is 5.10 Å². The van der Waals surface area contributed by atoms with E-state index in [-0.39, 0.29) is 17.5 Å². The number of carbonyl (C=O) groups excluding carboxylic acids is 1. The Balaban J connectivity index is 1.63. The van der Waals surface area contributed by atoms with Crippen LogP contribution in [0.4, 0.5) is 4.79 Å². The van der Waals surface area contributed by atoms with Gasteiger partial charge in [0, 0.05) is 5.69 Å². The first kappa shape index (κ1) is 14.6. The number of rotatable bonds is 3. The molecule has 1 atom stereocenters. The van der Waals surface area contributed by atoms with E-state index in [0.717, 1.165) is 17.8 Å². The van der Waals surface area contributed by atoms with Gasteiger partial charge in [0.1, 0.15) is 0 Å². The fraction of sp³-hybridized carbons (Fsp3) is 0.412. The topological polar surface area (TPSA) is 69.8 Å². The molecule has 0 saturated heterocycles. The number of nitrogens with zero attached hydrogens (tertiary/aromatic N) is 1. The van der Waals surface area contributed by atoms with E-state index < -0.39 is 0 Å². The highest BCUT2D eigenvalue weighted by Gasteiger charge is 2.37. The second-order valence-electron chi connectivity index (χ2n) is 6.60. The van der Waals surface area contributed by atoms with Crippen LogP contribution in [-0.4, -0.2) is 16.2 Å². The van der Waals surface area contributed by atoms with Crippen LogP contribution in [0.15, 0.2) is 30.3 Å². The lowest BCUT2D eigenvalue weighted by Crippen LogP contribution is -2.37. The molecular weight excluding hydrogens is 276 g/mol. The lowest BCUT2D eigenvalue weighted by molar-refractivity contribution is 0.235. The van der Waals surface area contributed by atoms with Gasteiger partial charge in [0.05, 0.1) is 18.3 Å². The van der Waals surface area contributed by atoms with E-state index in [1.54, 1.807) is 0 Å². The maximum absolute atomic E-state index is 12.1. The Labute approximate surface area is 130 Å². The molecular formula is C17H22N4O. The van der Waals surface area contributed by atoms with Crippen molar-refractivity contribution in [3.63, 3.8) is 0 Å². The van der Waals surface area contributed by atoms with Crippen LogP contribution >= 0.6 is 0 Å². The Morgan fingerprint density at radius 2 is 2.18 bits per heavy atom. The molecule has 5 heteroatoms. The molecule has 3 N–H and O–H groups in total. The Kier molecular flexibility index (Phi) is 3.64. The molecule has 3 rings (SSSR count). The second-order valence-corrected chi connectivity index (χ2v) is 6.60. The van der Waals surface area contributed by atoms with Crippen molar-refractivity contribution in [1.29, 1.82) is 0 Å². The van der Waals surface area contributed by atoms with Crippen molar-refractivity contribution in [3.8, 4) is 0 Å². The summed E-state index contributed by atoms with van der Waals surface area (Å²) in [4.78, 5) is 12.1.